The van der Waals surface area contributed by atoms with Gasteiger partial charge in [0, 0.05) is 15.1 Å². The van der Waals surface area contributed by atoms with Crippen LogP contribution in [0.15, 0.2) is 34.7 Å². The predicted octanol–water partition coefficient (Wildman–Crippen LogP) is 4.95. The second kappa shape index (κ2) is 5.62. The summed E-state index contributed by atoms with van der Waals surface area (Å²) in [5, 5.41) is 4.26. The number of hydrogen-bond acceptors (Lipinski definition) is 3. The molecule has 0 aliphatic rings. The van der Waals surface area contributed by atoms with E-state index in [0.717, 1.165) is 23.3 Å². The van der Waals surface area contributed by atoms with Crippen LogP contribution in [0.4, 0.5) is 4.39 Å². The van der Waals surface area contributed by atoms with Gasteiger partial charge in [-0.05, 0) is 56.3 Å². The first kappa shape index (κ1) is 14.3. The number of benzene rings is 1. The molecule has 2 nitrogen and oxygen atoms in total. The molecule has 0 aliphatic carbocycles. The van der Waals surface area contributed by atoms with Crippen molar-refractivity contribution in [2.75, 3.05) is 6.54 Å². The maximum absolute atomic E-state index is 13.3. The van der Waals surface area contributed by atoms with Crippen LogP contribution in [-0.2, 0) is 0 Å². The third kappa shape index (κ3) is 2.74. The topological polar surface area (TPSA) is 25.2 Å². The summed E-state index contributed by atoms with van der Waals surface area (Å²) >= 11 is 1.77. The molecular weight excluding hydrogens is 285 g/mol. The number of thiophene rings is 1. The van der Waals surface area contributed by atoms with Crippen molar-refractivity contribution in [2.24, 2.45) is 0 Å². The van der Waals surface area contributed by atoms with Gasteiger partial charge in [-0.2, -0.15) is 0 Å². The van der Waals surface area contributed by atoms with E-state index < -0.39 is 0 Å². The highest BCUT2D eigenvalue weighted by Crippen LogP contribution is 2.33. The maximum Gasteiger partial charge on any atom is 0.134 e. The number of nitrogens with one attached hydrogen (secondary N) is 1. The molecule has 1 aromatic carbocycles. The first-order valence-corrected chi connectivity index (χ1v) is 7.89. The molecule has 4 heteroatoms. The van der Waals surface area contributed by atoms with E-state index in [4.69, 9.17) is 4.42 Å². The Kier molecular flexibility index (Phi) is 3.83. The van der Waals surface area contributed by atoms with Gasteiger partial charge in [-0.15, -0.1) is 11.3 Å². The second-order valence-corrected chi connectivity index (χ2v) is 6.50. The average molecular weight is 303 g/mol. The Bertz CT molecular complexity index is 755. The van der Waals surface area contributed by atoms with Crippen LogP contribution in [0.5, 0.6) is 0 Å². The molecule has 2 aromatic heterocycles. The van der Waals surface area contributed by atoms with Crippen molar-refractivity contribution in [3.8, 4) is 0 Å². The second-order valence-electron chi connectivity index (χ2n) is 5.21. The van der Waals surface area contributed by atoms with E-state index in [1.165, 1.54) is 27.5 Å². The van der Waals surface area contributed by atoms with Crippen molar-refractivity contribution in [3.63, 3.8) is 0 Å². The quantitative estimate of drug-likeness (QED) is 0.738. The fourth-order valence-electron chi connectivity index (χ4n) is 2.47. The number of aryl methyl sites for hydroxylation is 2. The highest BCUT2D eigenvalue weighted by Gasteiger charge is 2.20. The Morgan fingerprint density at radius 2 is 2.05 bits per heavy atom. The van der Waals surface area contributed by atoms with Crippen LogP contribution in [0.3, 0.4) is 0 Å². The number of rotatable bonds is 4. The van der Waals surface area contributed by atoms with Gasteiger partial charge >= 0.3 is 0 Å². The smallest absolute Gasteiger partial charge is 0.134 e. The summed E-state index contributed by atoms with van der Waals surface area (Å²) in [5.74, 6) is 0.594. The Balaban J connectivity index is 2.06. The molecule has 0 bridgehead atoms. The minimum absolute atomic E-state index is 0.0165. The molecule has 110 valence electrons. The highest BCUT2D eigenvalue weighted by atomic mass is 32.1. The Morgan fingerprint density at radius 1 is 1.24 bits per heavy atom. The van der Waals surface area contributed by atoms with Crippen LogP contribution in [0.2, 0.25) is 0 Å². The van der Waals surface area contributed by atoms with Gasteiger partial charge in [0.15, 0.2) is 0 Å². The van der Waals surface area contributed by atoms with Gasteiger partial charge in [0.05, 0.1) is 0 Å². The van der Waals surface area contributed by atoms with Gasteiger partial charge < -0.3 is 9.73 Å². The zero-order chi connectivity index (χ0) is 15.0. The monoisotopic (exact) mass is 303 g/mol. The number of fused-ring (bicyclic) bond motifs is 1. The number of hydrogen-bond donors (Lipinski definition) is 1. The normalized spacial score (nSPS) is 13.0. The molecule has 1 atom stereocenters. The zero-order valence-electron chi connectivity index (χ0n) is 12.4. The van der Waals surface area contributed by atoms with Crippen LogP contribution in [0.1, 0.15) is 34.0 Å². The fraction of sp³-hybridized carbons (Fsp3) is 0.294. The van der Waals surface area contributed by atoms with Gasteiger partial charge in [0.1, 0.15) is 23.2 Å². The summed E-state index contributed by atoms with van der Waals surface area (Å²) in [4.78, 5) is 2.54. The minimum Gasteiger partial charge on any atom is -0.459 e. The lowest BCUT2D eigenvalue weighted by molar-refractivity contribution is 0.480. The largest absolute Gasteiger partial charge is 0.459 e. The summed E-state index contributed by atoms with van der Waals surface area (Å²) < 4.78 is 19.2. The van der Waals surface area contributed by atoms with E-state index >= 15 is 0 Å². The summed E-state index contributed by atoms with van der Waals surface area (Å²) in [6, 6.07) is 8.76. The summed E-state index contributed by atoms with van der Waals surface area (Å²) in [5.41, 5.74) is 2.01. The number of halogens is 1. The SMILES string of the molecule is CCNC(c1cc2cc(F)ccc2o1)c1cc(C)c(C)s1. The van der Waals surface area contributed by atoms with E-state index in [2.05, 4.69) is 32.2 Å². The molecule has 0 saturated heterocycles. The minimum atomic E-state index is -0.238. The standard InChI is InChI=1S/C17H18FNOS/c1-4-19-17(16-7-10(2)11(3)21-16)15-9-12-8-13(18)5-6-14(12)20-15/h5-9,17,19H,4H2,1-3H3. The third-order valence-corrected chi connectivity index (χ3v) is 4.88. The third-order valence-electron chi connectivity index (χ3n) is 3.66. The molecule has 1 N–H and O–H groups in total. The van der Waals surface area contributed by atoms with Gasteiger partial charge in [-0.1, -0.05) is 6.92 Å². The van der Waals surface area contributed by atoms with E-state index in [1.54, 1.807) is 17.4 Å². The van der Waals surface area contributed by atoms with E-state index in [1.807, 2.05) is 6.07 Å². The van der Waals surface area contributed by atoms with Crippen LogP contribution in [0.25, 0.3) is 11.0 Å². The predicted molar refractivity (Wildman–Crippen MR) is 85.5 cm³/mol. The lowest BCUT2D eigenvalue weighted by atomic mass is 10.1. The van der Waals surface area contributed by atoms with E-state index in [-0.39, 0.29) is 11.9 Å². The first-order chi connectivity index (χ1) is 10.1. The fourth-order valence-corrected chi connectivity index (χ4v) is 3.59. The van der Waals surface area contributed by atoms with Gasteiger partial charge in [-0.25, -0.2) is 4.39 Å². The van der Waals surface area contributed by atoms with Crippen molar-refractivity contribution in [3.05, 3.63) is 57.2 Å². The Labute approximate surface area is 127 Å². The zero-order valence-corrected chi connectivity index (χ0v) is 13.2. The van der Waals surface area contributed by atoms with Gasteiger partial charge in [0.2, 0.25) is 0 Å². The maximum atomic E-state index is 13.3. The molecule has 3 rings (SSSR count). The number of furan rings is 1. The molecule has 1 unspecified atom stereocenters. The van der Waals surface area contributed by atoms with Crippen LogP contribution in [0, 0.1) is 19.7 Å². The van der Waals surface area contributed by atoms with Gasteiger partial charge in [-0.3, -0.25) is 0 Å². The lowest BCUT2D eigenvalue weighted by Crippen LogP contribution is -2.20. The lowest BCUT2D eigenvalue weighted by Gasteiger charge is -2.13. The molecule has 21 heavy (non-hydrogen) atoms. The van der Waals surface area contributed by atoms with Crippen molar-refractivity contribution in [1.82, 2.24) is 5.32 Å². The van der Waals surface area contributed by atoms with Gasteiger partial charge in [0.25, 0.3) is 0 Å². The molecule has 0 amide bonds. The summed E-state index contributed by atoms with van der Waals surface area (Å²) in [6.07, 6.45) is 0. The first-order valence-electron chi connectivity index (χ1n) is 7.07. The Morgan fingerprint density at radius 3 is 2.71 bits per heavy atom. The van der Waals surface area contributed by atoms with Crippen molar-refractivity contribution >= 4 is 22.3 Å². The van der Waals surface area contributed by atoms with E-state index in [0.29, 0.717) is 0 Å². The van der Waals surface area contributed by atoms with Crippen LogP contribution >= 0.6 is 11.3 Å². The molecule has 3 aromatic rings. The van der Waals surface area contributed by atoms with E-state index in [9.17, 15) is 4.39 Å². The molecule has 2 heterocycles. The van der Waals surface area contributed by atoms with Crippen LogP contribution < -0.4 is 5.32 Å². The Hall–Kier alpha value is -1.65. The average Bonchev–Trinajstić information content (AvgIpc) is 2.99. The molecule has 0 aliphatic heterocycles. The van der Waals surface area contributed by atoms with Crippen LogP contribution in [-0.4, -0.2) is 6.54 Å². The molecule has 0 radical (unpaired) electrons. The molecule has 0 fully saturated rings. The van der Waals surface area contributed by atoms with Crippen molar-refractivity contribution < 1.29 is 8.81 Å². The van der Waals surface area contributed by atoms with Crippen molar-refractivity contribution in [2.45, 2.75) is 26.8 Å². The summed E-state index contributed by atoms with van der Waals surface area (Å²) in [6.45, 7) is 7.15. The molecular formula is C17H18FNOS. The molecule has 0 saturated carbocycles. The molecule has 0 spiro atoms. The highest BCUT2D eigenvalue weighted by molar-refractivity contribution is 7.12. The van der Waals surface area contributed by atoms with Crippen molar-refractivity contribution in [1.29, 1.82) is 0 Å². The summed E-state index contributed by atoms with van der Waals surface area (Å²) in [7, 11) is 0.